The first-order valence-corrected chi connectivity index (χ1v) is 13.7. The summed E-state index contributed by atoms with van der Waals surface area (Å²) in [4.78, 5) is 51.0. The second-order valence-corrected chi connectivity index (χ2v) is 12.9. The molecule has 4 aliphatic carbocycles. The van der Waals surface area contributed by atoms with Gasteiger partial charge in [-0.1, -0.05) is 60.6 Å². The molecule has 0 saturated heterocycles. The third-order valence-corrected chi connectivity index (χ3v) is 9.60. The van der Waals surface area contributed by atoms with E-state index in [0.29, 0.717) is 12.0 Å². The zero-order valence-corrected chi connectivity index (χ0v) is 24.0. The average Bonchev–Trinajstić information content (AvgIpc) is 3.22. The highest BCUT2D eigenvalue weighted by Gasteiger charge is 2.87. The van der Waals surface area contributed by atoms with Gasteiger partial charge in [0.15, 0.2) is 11.4 Å². The van der Waals surface area contributed by atoms with Crippen LogP contribution >= 0.6 is 0 Å². The summed E-state index contributed by atoms with van der Waals surface area (Å²) in [5.74, 6) is -4.76. The van der Waals surface area contributed by atoms with Crippen LogP contribution in [0.25, 0.3) is 0 Å². The zero-order chi connectivity index (χ0) is 28.5. The highest BCUT2D eigenvalue weighted by Crippen LogP contribution is 2.77. The van der Waals surface area contributed by atoms with E-state index < -0.39 is 76.1 Å². The lowest BCUT2D eigenvalue weighted by molar-refractivity contribution is -0.223. The highest BCUT2D eigenvalue weighted by atomic mass is 16.6. The first kappa shape index (κ1) is 28.5. The molecule has 8 unspecified atom stereocenters. The molecule has 4 rings (SSSR count). The van der Waals surface area contributed by atoms with Gasteiger partial charge in [-0.2, -0.15) is 0 Å². The number of allylic oxidation sites excluding steroid dienone is 1. The Labute approximate surface area is 225 Å². The fraction of sp³-hybridized carbons (Fsp3) is 0.733. The third-order valence-electron chi connectivity index (χ3n) is 9.60. The number of carbonyl (C=O) groups excluding carboxylic acids is 4. The van der Waals surface area contributed by atoms with Gasteiger partial charge in [0, 0.05) is 41.9 Å². The number of esters is 3. The highest BCUT2D eigenvalue weighted by molar-refractivity contribution is 6.00. The largest absolute Gasteiger partial charge is 0.461 e. The van der Waals surface area contributed by atoms with Crippen molar-refractivity contribution in [3.8, 4) is 0 Å². The van der Waals surface area contributed by atoms with Gasteiger partial charge in [0.1, 0.15) is 12.7 Å². The van der Waals surface area contributed by atoms with Gasteiger partial charge in [-0.3, -0.25) is 19.2 Å². The van der Waals surface area contributed by atoms with Gasteiger partial charge >= 0.3 is 17.9 Å². The predicted molar refractivity (Wildman–Crippen MR) is 138 cm³/mol. The van der Waals surface area contributed by atoms with Crippen molar-refractivity contribution in [1.82, 2.24) is 0 Å². The van der Waals surface area contributed by atoms with Gasteiger partial charge in [0.05, 0.1) is 17.4 Å². The van der Waals surface area contributed by atoms with Crippen molar-refractivity contribution in [2.45, 2.75) is 86.0 Å². The number of aliphatic hydroxyl groups is 1. The number of fused-ring (bicyclic) bond motifs is 5. The van der Waals surface area contributed by atoms with Gasteiger partial charge in [0.25, 0.3) is 0 Å². The minimum atomic E-state index is -1.47. The van der Waals surface area contributed by atoms with Crippen LogP contribution in [0.5, 0.6) is 0 Å². The van der Waals surface area contributed by atoms with E-state index in [2.05, 4.69) is 0 Å². The summed E-state index contributed by atoms with van der Waals surface area (Å²) < 4.78 is 17.8. The monoisotopic (exact) mass is 530 g/mol. The summed E-state index contributed by atoms with van der Waals surface area (Å²) in [7, 11) is 0. The van der Waals surface area contributed by atoms with Crippen LogP contribution in [0.1, 0.15) is 68.7 Å². The maximum atomic E-state index is 13.3. The summed E-state index contributed by atoms with van der Waals surface area (Å²) in [6.45, 7) is 15.9. The molecule has 8 atom stereocenters. The molecular formula is C30H42O8. The fourth-order valence-electron chi connectivity index (χ4n) is 7.49. The molecule has 0 bridgehead atoms. The van der Waals surface area contributed by atoms with Gasteiger partial charge in [-0.15, -0.1) is 0 Å². The summed E-state index contributed by atoms with van der Waals surface area (Å²) in [6.07, 6.45) is 3.22. The normalized spacial score (nSPS) is 38.8. The van der Waals surface area contributed by atoms with Crippen molar-refractivity contribution in [3.63, 3.8) is 0 Å². The molecule has 0 spiro atoms. The number of carbonyl (C=O) groups is 4. The molecule has 0 radical (unpaired) electrons. The molecular weight excluding hydrogens is 488 g/mol. The molecule has 2 fully saturated rings. The molecule has 0 aliphatic heterocycles. The molecule has 0 aromatic carbocycles. The smallest absolute Gasteiger partial charge is 0.309 e. The lowest BCUT2D eigenvalue weighted by atomic mass is 9.59. The van der Waals surface area contributed by atoms with E-state index in [0.717, 1.165) is 5.57 Å². The molecule has 0 amide bonds. The van der Waals surface area contributed by atoms with E-state index in [4.69, 9.17) is 14.2 Å². The zero-order valence-electron chi connectivity index (χ0n) is 24.0. The molecule has 210 valence electrons. The Morgan fingerprint density at radius 1 is 1.05 bits per heavy atom. The second kappa shape index (κ2) is 9.32. The number of ether oxygens (including phenoxy) is 3. The Kier molecular flexibility index (Phi) is 6.99. The van der Waals surface area contributed by atoms with E-state index in [1.165, 1.54) is 6.92 Å². The van der Waals surface area contributed by atoms with Crippen molar-refractivity contribution >= 4 is 23.7 Å². The number of rotatable bonds is 6. The third kappa shape index (κ3) is 3.97. The predicted octanol–water partition coefficient (Wildman–Crippen LogP) is 3.80. The van der Waals surface area contributed by atoms with E-state index in [1.807, 2.05) is 32.9 Å². The number of ketones is 1. The number of hydrogen-bond acceptors (Lipinski definition) is 8. The van der Waals surface area contributed by atoms with Gasteiger partial charge in [0.2, 0.25) is 0 Å². The van der Waals surface area contributed by atoms with Crippen LogP contribution in [0, 0.1) is 46.8 Å². The van der Waals surface area contributed by atoms with E-state index in [1.54, 1.807) is 34.6 Å². The van der Waals surface area contributed by atoms with Crippen molar-refractivity contribution in [3.05, 3.63) is 23.3 Å². The summed E-state index contributed by atoms with van der Waals surface area (Å²) >= 11 is 0. The second-order valence-electron chi connectivity index (χ2n) is 12.9. The summed E-state index contributed by atoms with van der Waals surface area (Å²) in [6, 6.07) is 0. The molecule has 0 heterocycles. The summed E-state index contributed by atoms with van der Waals surface area (Å²) in [5.41, 5.74) is -1.93. The minimum Gasteiger partial charge on any atom is -0.461 e. The molecule has 4 aliphatic rings. The van der Waals surface area contributed by atoms with Crippen LogP contribution in [0.4, 0.5) is 0 Å². The maximum absolute atomic E-state index is 13.3. The Morgan fingerprint density at radius 2 is 1.66 bits per heavy atom. The average molecular weight is 531 g/mol. The minimum absolute atomic E-state index is 0.0174. The van der Waals surface area contributed by atoms with Crippen LogP contribution in [-0.2, 0) is 33.4 Å². The van der Waals surface area contributed by atoms with Crippen molar-refractivity contribution in [2.24, 2.45) is 46.8 Å². The molecule has 38 heavy (non-hydrogen) atoms. The van der Waals surface area contributed by atoms with E-state index in [-0.39, 0.29) is 18.3 Å². The van der Waals surface area contributed by atoms with Crippen LogP contribution in [0.3, 0.4) is 0 Å². The lowest BCUT2D eigenvalue weighted by Crippen LogP contribution is -2.64. The topological polar surface area (TPSA) is 116 Å². The molecule has 8 heteroatoms. The molecule has 8 nitrogen and oxygen atoms in total. The maximum Gasteiger partial charge on any atom is 0.309 e. The standard InChI is InChI=1S/C30H42O8/c1-14(2)26(33)37-25-17(6)29(35)21-10-16(5)23(32)20(21)11-19(13-36-18(7)31)12-22(29)24-28(8,9)30(24,25)38-27(34)15(3)4/h10,12,14-15,17,20-22,24-25,35H,11,13H2,1-9H3. The Balaban J connectivity index is 1.91. The quantitative estimate of drug-likeness (QED) is 0.313. The number of Topliss-reactive ketones (excluding diaryl/α,β-unsaturated/α-hetero) is 1. The van der Waals surface area contributed by atoms with Gasteiger partial charge in [-0.25, -0.2) is 0 Å². The molecule has 0 aromatic heterocycles. The van der Waals surface area contributed by atoms with Gasteiger partial charge in [-0.05, 0) is 24.5 Å². The first-order valence-electron chi connectivity index (χ1n) is 13.7. The Bertz CT molecular complexity index is 1110. The van der Waals surface area contributed by atoms with Crippen LogP contribution < -0.4 is 0 Å². The van der Waals surface area contributed by atoms with Crippen LogP contribution in [-0.4, -0.2) is 52.7 Å². The Hall–Kier alpha value is -2.48. The summed E-state index contributed by atoms with van der Waals surface area (Å²) in [5, 5.41) is 12.8. The van der Waals surface area contributed by atoms with Crippen molar-refractivity contribution in [1.29, 1.82) is 0 Å². The van der Waals surface area contributed by atoms with Crippen LogP contribution in [0.15, 0.2) is 23.3 Å². The van der Waals surface area contributed by atoms with Crippen molar-refractivity contribution in [2.75, 3.05) is 6.61 Å². The SMILES string of the molecule is CC(=O)OCC1=CC2C3C(C)(C)C3(OC(=O)C(C)C)C(OC(=O)C(C)C)C(C)C2(O)C2C=C(C)C(=O)C2C1. The Morgan fingerprint density at radius 3 is 2.21 bits per heavy atom. The van der Waals surface area contributed by atoms with E-state index >= 15 is 0 Å². The first-order chi connectivity index (χ1) is 17.5. The molecule has 0 aromatic rings. The van der Waals surface area contributed by atoms with E-state index in [9.17, 15) is 24.3 Å². The molecule has 2 saturated carbocycles. The van der Waals surface area contributed by atoms with Gasteiger partial charge < -0.3 is 19.3 Å². The fourth-order valence-corrected chi connectivity index (χ4v) is 7.49. The van der Waals surface area contributed by atoms with Crippen LogP contribution in [0.2, 0.25) is 0 Å². The van der Waals surface area contributed by atoms with Crippen molar-refractivity contribution < 1.29 is 38.5 Å². The number of hydrogen-bond donors (Lipinski definition) is 1. The molecule has 1 N–H and O–H groups in total. The lowest BCUT2D eigenvalue weighted by Gasteiger charge is -2.52.